The van der Waals surface area contributed by atoms with Crippen LogP contribution in [0.2, 0.25) is 19.6 Å². The third kappa shape index (κ3) is 5.23. The minimum Gasteiger partial charge on any atom is -0.413 e. The average Bonchev–Trinajstić information content (AvgIpc) is 2.26. The molecular weight excluding hydrogens is 264 g/mol. The molecule has 0 heterocycles. The van der Waals surface area contributed by atoms with Gasteiger partial charge in [0.05, 0.1) is 11.2 Å². The first-order valence-corrected chi connectivity index (χ1v) is 10.6. The Bertz CT molecular complexity index is 434. The number of aliphatic hydroxyl groups is 1. The Morgan fingerprint density at radius 2 is 1.75 bits per heavy atom. The van der Waals surface area contributed by atoms with Gasteiger partial charge in [0.15, 0.2) is 8.32 Å². The van der Waals surface area contributed by atoms with E-state index in [0.29, 0.717) is 12.8 Å². The molecule has 0 aliphatic rings. The Kier molecular flexibility index (Phi) is 5.36. The highest BCUT2D eigenvalue weighted by Crippen LogP contribution is 2.36. The monoisotopic (exact) mass is 292 g/mol. The lowest BCUT2D eigenvalue weighted by Crippen LogP contribution is -2.43. The number of hydrogen-bond donors (Lipinski definition) is 1. The lowest BCUT2D eigenvalue weighted by atomic mass is 9.81. The van der Waals surface area contributed by atoms with Crippen molar-refractivity contribution in [1.82, 2.24) is 0 Å². The Morgan fingerprint density at radius 3 is 2.20 bits per heavy atom. The quantitative estimate of drug-likeness (QED) is 0.593. The summed E-state index contributed by atoms with van der Waals surface area (Å²) in [6.07, 6.45) is 2.85. The van der Waals surface area contributed by atoms with E-state index in [0.717, 1.165) is 5.56 Å². The fourth-order valence-electron chi connectivity index (χ4n) is 2.85. The molecular formula is C17H28O2Si. The van der Waals surface area contributed by atoms with Crippen LogP contribution in [0.25, 0.3) is 0 Å². The van der Waals surface area contributed by atoms with Crippen LogP contribution < -0.4 is 0 Å². The summed E-state index contributed by atoms with van der Waals surface area (Å²) in [7, 11) is -1.65. The van der Waals surface area contributed by atoms with Gasteiger partial charge in [0, 0.05) is 6.42 Å². The van der Waals surface area contributed by atoms with E-state index in [9.17, 15) is 5.11 Å². The van der Waals surface area contributed by atoms with Gasteiger partial charge in [-0.15, -0.1) is 6.58 Å². The summed E-state index contributed by atoms with van der Waals surface area (Å²) < 4.78 is 6.23. The Labute approximate surface area is 124 Å². The van der Waals surface area contributed by atoms with E-state index in [4.69, 9.17) is 4.43 Å². The molecule has 0 aliphatic carbocycles. The lowest BCUT2D eigenvalue weighted by Gasteiger charge is -2.40. The second-order valence-corrected chi connectivity index (χ2v) is 11.5. The molecule has 0 aromatic heterocycles. The van der Waals surface area contributed by atoms with E-state index in [1.807, 2.05) is 30.3 Å². The first-order valence-electron chi connectivity index (χ1n) is 7.17. The highest BCUT2D eigenvalue weighted by Gasteiger charge is 2.37. The van der Waals surface area contributed by atoms with Crippen molar-refractivity contribution < 1.29 is 9.53 Å². The number of benzene rings is 1. The van der Waals surface area contributed by atoms with Gasteiger partial charge >= 0.3 is 0 Å². The Hall–Kier alpha value is -0.903. The molecule has 0 saturated heterocycles. The van der Waals surface area contributed by atoms with Crippen LogP contribution in [0.3, 0.4) is 0 Å². The van der Waals surface area contributed by atoms with Crippen LogP contribution >= 0.6 is 0 Å². The summed E-state index contributed by atoms with van der Waals surface area (Å²) in [5.41, 5.74) is -0.364. The maximum absolute atomic E-state index is 11.1. The molecule has 1 unspecified atom stereocenters. The minimum atomic E-state index is -1.65. The van der Waals surface area contributed by atoms with Crippen LogP contribution in [0.5, 0.6) is 0 Å². The van der Waals surface area contributed by atoms with Gasteiger partial charge in [-0.05, 0) is 45.5 Å². The van der Waals surface area contributed by atoms with Crippen molar-refractivity contribution in [2.45, 2.75) is 57.5 Å². The first kappa shape index (κ1) is 17.1. The largest absolute Gasteiger partial charge is 0.413 e. The standard InChI is InChI=1S/C17H28O2Si/c1-7-13-17(18,15-11-9-8-10-12-15)14-16(2,3)19-20(4,5)6/h7-12,18H,1,13-14H2,2-6H3. The van der Waals surface area contributed by atoms with Crippen LogP contribution in [0.4, 0.5) is 0 Å². The van der Waals surface area contributed by atoms with E-state index in [1.54, 1.807) is 6.08 Å². The Morgan fingerprint density at radius 1 is 1.20 bits per heavy atom. The van der Waals surface area contributed by atoms with Gasteiger partial charge in [-0.3, -0.25) is 0 Å². The van der Waals surface area contributed by atoms with Gasteiger partial charge in [-0.25, -0.2) is 0 Å². The van der Waals surface area contributed by atoms with Gasteiger partial charge < -0.3 is 9.53 Å². The number of rotatable bonds is 7. The molecule has 1 atom stereocenters. The molecule has 1 rings (SSSR count). The smallest absolute Gasteiger partial charge is 0.184 e. The maximum Gasteiger partial charge on any atom is 0.184 e. The van der Waals surface area contributed by atoms with E-state index in [2.05, 4.69) is 40.1 Å². The van der Waals surface area contributed by atoms with E-state index in [-0.39, 0.29) is 5.60 Å². The van der Waals surface area contributed by atoms with Gasteiger partial charge in [0.25, 0.3) is 0 Å². The third-order valence-electron chi connectivity index (χ3n) is 3.09. The fourth-order valence-corrected chi connectivity index (χ4v) is 4.58. The highest BCUT2D eigenvalue weighted by molar-refractivity contribution is 6.69. The van der Waals surface area contributed by atoms with Crippen molar-refractivity contribution in [1.29, 1.82) is 0 Å². The van der Waals surface area contributed by atoms with Crippen LogP contribution in [0.15, 0.2) is 43.0 Å². The zero-order valence-corrected chi connectivity index (χ0v) is 14.4. The van der Waals surface area contributed by atoms with Crippen LogP contribution in [0, 0.1) is 0 Å². The molecule has 1 N–H and O–H groups in total. The zero-order valence-electron chi connectivity index (χ0n) is 13.4. The topological polar surface area (TPSA) is 29.5 Å². The summed E-state index contributed by atoms with van der Waals surface area (Å²) in [4.78, 5) is 0. The molecule has 0 amide bonds. The molecule has 2 nitrogen and oxygen atoms in total. The average molecular weight is 292 g/mol. The van der Waals surface area contributed by atoms with Crippen molar-refractivity contribution >= 4 is 8.32 Å². The summed E-state index contributed by atoms with van der Waals surface area (Å²) >= 11 is 0. The number of hydrogen-bond acceptors (Lipinski definition) is 2. The highest BCUT2D eigenvalue weighted by atomic mass is 28.4. The second-order valence-electron chi connectivity index (χ2n) is 7.04. The van der Waals surface area contributed by atoms with Crippen molar-refractivity contribution in [2.75, 3.05) is 0 Å². The van der Waals surface area contributed by atoms with E-state index >= 15 is 0 Å². The Balaban J connectivity index is 3.00. The van der Waals surface area contributed by atoms with E-state index in [1.165, 1.54) is 0 Å². The van der Waals surface area contributed by atoms with Crippen LogP contribution in [0.1, 0.15) is 32.3 Å². The second kappa shape index (κ2) is 6.25. The molecule has 1 aromatic carbocycles. The van der Waals surface area contributed by atoms with Gasteiger partial charge in [0.1, 0.15) is 0 Å². The SMILES string of the molecule is C=CCC(O)(CC(C)(C)O[Si](C)(C)C)c1ccccc1. The van der Waals surface area contributed by atoms with Gasteiger partial charge in [-0.1, -0.05) is 36.4 Å². The van der Waals surface area contributed by atoms with Gasteiger partial charge in [0.2, 0.25) is 0 Å². The predicted octanol–water partition coefficient (Wildman–Crippen LogP) is 4.47. The van der Waals surface area contributed by atoms with Crippen molar-refractivity contribution in [3.8, 4) is 0 Å². The summed E-state index contributed by atoms with van der Waals surface area (Å²) in [5.74, 6) is 0. The van der Waals surface area contributed by atoms with Crippen LogP contribution in [-0.4, -0.2) is 19.0 Å². The lowest BCUT2D eigenvalue weighted by molar-refractivity contribution is -0.0405. The molecule has 0 saturated carbocycles. The third-order valence-corrected chi connectivity index (χ3v) is 4.26. The normalized spacial score (nSPS) is 15.7. The van der Waals surface area contributed by atoms with Gasteiger partial charge in [-0.2, -0.15) is 0 Å². The maximum atomic E-state index is 11.1. The molecule has 0 bridgehead atoms. The van der Waals surface area contributed by atoms with Crippen LogP contribution in [-0.2, 0) is 10.0 Å². The fraction of sp³-hybridized carbons (Fsp3) is 0.529. The molecule has 0 spiro atoms. The summed E-state index contributed by atoms with van der Waals surface area (Å²) in [5, 5.41) is 11.1. The molecule has 1 aromatic rings. The molecule has 0 aliphatic heterocycles. The minimum absolute atomic E-state index is 0.363. The van der Waals surface area contributed by atoms with Crippen molar-refractivity contribution in [3.05, 3.63) is 48.6 Å². The zero-order chi connectivity index (χ0) is 15.4. The summed E-state index contributed by atoms with van der Waals surface area (Å²) in [6, 6.07) is 9.80. The molecule has 112 valence electrons. The van der Waals surface area contributed by atoms with Crippen molar-refractivity contribution in [2.24, 2.45) is 0 Å². The van der Waals surface area contributed by atoms with E-state index < -0.39 is 13.9 Å². The molecule has 20 heavy (non-hydrogen) atoms. The summed E-state index contributed by atoms with van der Waals surface area (Å²) in [6.45, 7) is 14.4. The molecule has 3 heteroatoms. The molecule has 0 fully saturated rings. The first-order chi connectivity index (χ1) is 9.08. The molecule has 0 radical (unpaired) electrons. The predicted molar refractivity (Wildman–Crippen MR) is 88.3 cm³/mol. The van der Waals surface area contributed by atoms with Crippen molar-refractivity contribution in [3.63, 3.8) is 0 Å².